The maximum atomic E-state index is 11.9. The molecule has 0 saturated carbocycles. The van der Waals surface area contributed by atoms with Gasteiger partial charge in [0.1, 0.15) is 0 Å². The van der Waals surface area contributed by atoms with Crippen LogP contribution in [-0.2, 0) is 11.2 Å². The summed E-state index contributed by atoms with van der Waals surface area (Å²) in [6.45, 7) is 0.493. The van der Waals surface area contributed by atoms with Crippen LogP contribution in [0.1, 0.15) is 28.1 Å². The lowest BCUT2D eigenvalue weighted by Crippen LogP contribution is -2.26. The van der Waals surface area contributed by atoms with Crippen molar-refractivity contribution >= 4 is 34.6 Å². The lowest BCUT2D eigenvalue weighted by molar-refractivity contribution is -0.121. The summed E-state index contributed by atoms with van der Waals surface area (Å²) in [4.78, 5) is 24.4. The number of amides is 1. The van der Waals surface area contributed by atoms with Crippen LogP contribution in [0.2, 0.25) is 4.34 Å². The summed E-state index contributed by atoms with van der Waals surface area (Å²) in [6, 6.07) is 9.01. The van der Waals surface area contributed by atoms with Gasteiger partial charge in [-0.1, -0.05) is 17.7 Å². The highest BCUT2D eigenvalue weighted by molar-refractivity contribution is 7.18. The maximum Gasteiger partial charge on any atom is 0.220 e. The van der Waals surface area contributed by atoms with Crippen molar-refractivity contribution in [2.24, 2.45) is 0 Å². The van der Waals surface area contributed by atoms with Gasteiger partial charge in [-0.05, 0) is 36.2 Å². The zero-order valence-corrected chi connectivity index (χ0v) is 15.7. The van der Waals surface area contributed by atoms with Crippen molar-refractivity contribution in [1.29, 1.82) is 0 Å². The van der Waals surface area contributed by atoms with Gasteiger partial charge in [-0.3, -0.25) is 9.59 Å². The van der Waals surface area contributed by atoms with E-state index in [0.29, 0.717) is 33.7 Å². The molecule has 0 radical (unpaired) electrons. The first-order chi connectivity index (χ1) is 12.0. The summed E-state index contributed by atoms with van der Waals surface area (Å²) in [5, 5.41) is 2.82. The van der Waals surface area contributed by atoms with Gasteiger partial charge in [-0.25, -0.2) is 0 Å². The fraction of sp³-hybridized carbons (Fsp3) is 0.333. The van der Waals surface area contributed by atoms with Crippen molar-refractivity contribution in [1.82, 2.24) is 5.32 Å². The highest BCUT2D eigenvalue weighted by atomic mass is 35.5. The predicted octanol–water partition coefficient (Wildman–Crippen LogP) is 3.74. The standard InChI is InChI=1S/C18H20ClNO4S/c1-23-14-5-3-12(11-15(14)24-2)9-10-20-18(22)8-4-13(21)16-6-7-17(19)25-16/h3,5-7,11H,4,8-10H2,1-2H3,(H,20,22). The molecule has 1 N–H and O–H groups in total. The van der Waals surface area contributed by atoms with Gasteiger partial charge in [-0.15, -0.1) is 11.3 Å². The minimum Gasteiger partial charge on any atom is -0.493 e. The van der Waals surface area contributed by atoms with E-state index >= 15 is 0 Å². The predicted molar refractivity (Wildman–Crippen MR) is 99.2 cm³/mol. The van der Waals surface area contributed by atoms with Gasteiger partial charge in [-0.2, -0.15) is 0 Å². The second-order valence-corrected chi connectivity index (χ2v) is 7.03. The molecule has 5 nitrogen and oxygen atoms in total. The number of carbonyl (C=O) groups excluding carboxylic acids is 2. The Labute approximate surface area is 155 Å². The van der Waals surface area contributed by atoms with Crippen LogP contribution in [0.15, 0.2) is 30.3 Å². The minimum absolute atomic E-state index is 0.0630. The van der Waals surface area contributed by atoms with Crippen LogP contribution >= 0.6 is 22.9 Å². The number of hydrogen-bond acceptors (Lipinski definition) is 5. The fourth-order valence-corrected chi connectivity index (χ4v) is 3.30. The van der Waals surface area contributed by atoms with Crippen LogP contribution < -0.4 is 14.8 Å². The Morgan fingerprint density at radius 3 is 2.48 bits per heavy atom. The SMILES string of the molecule is COc1ccc(CCNC(=O)CCC(=O)c2ccc(Cl)s2)cc1OC. The largest absolute Gasteiger partial charge is 0.493 e. The summed E-state index contributed by atoms with van der Waals surface area (Å²) in [7, 11) is 3.17. The highest BCUT2D eigenvalue weighted by Crippen LogP contribution is 2.27. The third kappa shape index (κ3) is 5.76. The molecule has 1 amide bonds. The molecule has 0 aliphatic carbocycles. The summed E-state index contributed by atoms with van der Waals surface area (Å²) < 4.78 is 11.0. The topological polar surface area (TPSA) is 64.6 Å². The van der Waals surface area contributed by atoms with Crippen LogP contribution in [0.3, 0.4) is 0 Å². The molecule has 2 rings (SSSR count). The van der Waals surface area contributed by atoms with Gasteiger partial charge in [0.05, 0.1) is 23.4 Å². The average molecular weight is 382 g/mol. The van der Waals surface area contributed by atoms with Gasteiger partial charge < -0.3 is 14.8 Å². The molecule has 0 bridgehead atoms. The molecule has 0 aliphatic rings. The third-order valence-electron chi connectivity index (χ3n) is 3.61. The quantitative estimate of drug-likeness (QED) is 0.672. The van der Waals surface area contributed by atoms with Gasteiger partial charge in [0, 0.05) is 19.4 Å². The highest BCUT2D eigenvalue weighted by Gasteiger charge is 2.11. The fourth-order valence-electron chi connectivity index (χ4n) is 2.29. The number of hydrogen-bond donors (Lipinski definition) is 1. The van der Waals surface area contributed by atoms with E-state index in [9.17, 15) is 9.59 Å². The molecule has 1 aromatic carbocycles. The van der Waals surface area contributed by atoms with Crippen molar-refractivity contribution in [2.75, 3.05) is 20.8 Å². The van der Waals surface area contributed by atoms with Crippen molar-refractivity contribution < 1.29 is 19.1 Å². The van der Waals surface area contributed by atoms with Crippen molar-refractivity contribution in [3.05, 3.63) is 45.1 Å². The Morgan fingerprint density at radius 2 is 1.84 bits per heavy atom. The number of ether oxygens (including phenoxy) is 2. The number of ketones is 1. The van der Waals surface area contributed by atoms with Crippen LogP contribution in [0.25, 0.3) is 0 Å². The second-order valence-electron chi connectivity index (χ2n) is 5.32. The molecular weight excluding hydrogens is 362 g/mol. The first kappa shape index (κ1) is 19.3. The third-order valence-corrected chi connectivity index (χ3v) is 4.88. The summed E-state index contributed by atoms with van der Waals surface area (Å²) in [5.41, 5.74) is 1.03. The maximum absolute atomic E-state index is 11.9. The number of carbonyl (C=O) groups is 2. The van der Waals surface area contributed by atoms with Crippen LogP contribution in [0.5, 0.6) is 11.5 Å². The molecule has 25 heavy (non-hydrogen) atoms. The van der Waals surface area contributed by atoms with E-state index in [1.807, 2.05) is 18.2 Å². The molecule has 0 unspecified atom stereocenters. The number of rotatable bonds is 9. The lowest BCUT2D eigenvalue weighted by Gasteiger charge is -2.10. The first-order valence-corrected chi connectivity index (χ1v) is 8.99. The van der Waals surface area contributed by atoms with Crippen LogP contribution in [-0.4, -0.2) is 32.5 Å². The molecule has 134 valence electrons. The number of nitrogens with one attached hydrogen (secondary N) is 1. The van der Waals surface area contributed by atoms with Crippen molar-refractivity contribution in [3.63, 3.8) is 0 Å². The Kier molecular flexibility index (Phi) is 7.28. The normalized spacial score (nSPS) is 10.4. The molecule has 7 heteroatoms. The van der Waals surface area contributed by atoms with E-state index in [1.165, 1.54) is 11.3 Å². The van der Waals surface area contributed by atoms with E-state index in [1.54, 1.807) is 26.4 Å². The summed E-state index contributed by atoms with van der Waals surface area (Å²) in [6.07, 6.45) is 1.01. The van der Waals surface area contributed by atoms with Crippen molar-refractivity contribution in [3.8, 4) is 11.5 Å². The van der Waals surface area contributed by atoms with E-state index < -0.39 is 0 Å². The van der Waals surface area contributed by atoms with Gasteiger partial charge >= 0.3 is 0 Å². The molecule has 0 spiro atoms. The molecule has 0 atom stereocenters. The van der Waals surface area contributed by atoms with E-state index in [4.69, 9.17) is 21.1 Å². The smallest absolute Gasteiger partial charge is 0.220 e. The lowest BCUT2D eigenvalue weighted by atomic mass is 10.1. The Morgan fingerprint density at radius 1 is 1.08 bits per heavy atom. The number of methoxy groups -OCH3 is 2. The second kappa shape index (κ2) is 9.44. The molecule has 1 heterocycles. The Bertz CT molecular complexity index is 744. The van der Waals surface area contributed by atoms with E-state index in [-0.39, 0.29) is 24.5 Å². The molecule has 0 fully saturated rings. The zero-order valence-electron chi connectivity index (χ0n) is 14.1. The minimum atomic E-state index is -0.142. The molecule has 2 aromatic rings. The van der Waals surface area contributed by atoms with Crippen LogP contribution in [0, 0.1) is 0 Å². The number of thiophene rings is 1. The monoisotopic (exact) mass is 381 g/mol. The average Bonchev–Trinajstić information content (AvgIpc) is 3.06. The number of halogens is 1. The van der Waals surface area contributed by atoms with Gasteiger partial charge in [0.2, 0.25) is 5.91 Å². The van der Waals surface area contributed by atoms with E-state index in [0.717, 1.165) is 5.56 Å². The van der Waals surface area contributed by atoms with Gasteiger partial charge in [0.25, 0.3) is 0 Å². The van der Waals surface area contributed by atoms with E-state index in [2.05, 4.69) is 5.32 Å². The van der Waals surface area contributed by atoms with Crippen molar-refractivity contribution in [2.45, 2.75) is 19.3 Å². The molecule has 0 saturated heterocycles. The molecule has 0 aliphatic heterocycles. The zero-order chi connectivity index (χ0) is 18.2. The number of benzene rings is 1. The van der Waals surface area contributed by atoms with Crippen LogP contribution in [0.4, 0.5) is 0 Å². The first-order valence-electron chi connectivity index (χ1n) is 7.79. The Balaban J connectivity index is 1.74. The summed E-state index contributed by atoms with van der Waals surface area (Å²) in [5.74, 6) is 1.12. The molecule has 1 aromatic heterocycles. The number of Topliss-reactive ketones (excluding diaryl/α,β-unsaturated/α-hetero) is 1. The van der Waals surface area contributed by atoms with Gasteiger partial charge in [0.15, 0.2) is 17.3 Å². The Hall–Kier alpha value is -2.05. The summed E-state index contributed by atoms with van der Waals surface area (Å²) >= 11 is 7.04. The molecular formula is C18H20ClNO4S.